The third kappa shape index (κ3) is 5.73. The molecule has 9 heteroatoms. The van der Waals surface area contributed by atoms with Crippen LogP contribution in [0, 0.1) is 5.92 Å². The van der Waals surface area contributed by atoms with Gasteiger partial charge in [-0.05, 0) is 51.2 Å². The average Bonchev–Trinajstić information content (AvgIpc) is 2.47. The molecule has 1 amide bonds. The fourth-order valence-corrected chi connectivity index (χ4v) is 4.93. The third-order valence-corrected chi connectivity index (χ3v) is 7.00. The third-order valence-electron chi connectivity index (χ3n) is 4.99. The standard InChI is InChI=1S/C15H29N3O3S.2ClH/c1-13-4-3-10-18(12-13)11-9-17-14(19)15(22(2,20)21)5-7-16-8-6-15;;/h13,16H,3-12H2,1-2H3,(H,17,19);2*1H. The van der Waals surface area contributed by atoms with Crippen LogP contribution in [-0.2, 0) is 14.6 Å². The molecule has 0 spiro atoms. The molecule has 0 aromatic heterocycles. The van der Waals surface area contributed by atoms with Gasteiger partial charge in [-0.3, -0.25) is 4.79 Å². The van der Waals surface area contributed by atoms with Crippen molar-refractivity contribution in [1.82, 2.24) is 15.5 Å². The fourth-order valence-electron chi connectivity index (χ4n) is 3.58. The number of hydrogen-bond donors (Lipinski definition) is 2. The molecule has 0 aromatic rings. The van der Waals surface area contributed by atoms with E-state index in [-0.39, 0.29) is 30.7 Å². The van der Waals surface area contributed by atoms with Gasteiger partial charge >= 0.3 is 0 Å². The predicted molar refractivity (Wildman–Crippen MR) is 102 cm³/mol. The number of piperidine rings is 2. The minimum Gasteiger partial charge on any atom is -0.353 e. The van der Waals surface area contributed by atoms with Gasteiger partial charge in [-0.2, -0.15) is 0 Å². The second-order valence-electron chi connectivity index (χ2n) is 6.82. The van der Waals surface area contributed by atoms with E-state index >= 15 is 0 Å². The van der Waals surface area contributed by atoms with Gasteiger partial charge in [-0.15, -0.1) is 24.8 Å². The highest BCUT2D eigenvalue weighted by atomic mass is 35.5. The van der Waals surface area contributed by atoms with Gasteiger partial charge in [-0.1, -0.05) is 6.92 Å². The van der Waals surface area contributed by atoms with Gasteiger partial charge in [0, 0.05) is 25.9 Å². The number of carbonyl (C=O) groups excluding carboxylic acids is 1. The topological polar surface area (TPSA) is 78.5 Å². The van der Waals surface area contributed by atoms with E-state index < -0.39 is 14.6 Å². The molecule has 1 atom stereocenters. The van der Waals surface area contributed by atoms with Gasteiger partial charge in [0.15, 0.2) is 14.6 Å². The van der Waals surface area contributed by atoms with Crippen LogP contribution in [0.3, 0.4) is 0 Å². The Bertz CT molecular complexity index is 496. The SMILES string of the molecule is CC1CCCN(CCNC(=O)C2(S(C)(=O)=O)CCNCC2)C1.Cl.Cl. The Hall–Kier alpha value is -0.0800. The smallest absolute Gasteiger partial charge is 0.241 e. The summed E-state index contributed by atoms with van der Waals surface area (Å²) in [4.78, 5) is 14.9. The summed E-state index contributed by atoms with van der Waals surface area (Å²) in [5.41, 5.74) is 0. The van der Waals surface area contributed by atoms with E-state index in [0.29, 0.717) is 38.4 Å². The Labute approximate surface area is 158 Å². The zero-order chi connectivity index (χ0) is 16.2. The van der Waals surface area contributed by atoms with E-state index in [0.717, 1.165) is 19.6 Å². The molecule has 2 aliphatic heterocycles. The highest BCUT2D eigenvalue weighted by molar-refractivity contribution is 7.92. The fraction of sp³-hybridized carbons (Fsp3) is 0.933. The van der Waals surface area contributed by atoms with Crippen molar-refractivity contribution in [3.05, 3.63) is 0 Å². The van der Waals surface area contributed by atoms with E-state index in [1.54, 1.807) is 0 Å². The lowest BCUT2D eigenvalue weighted by atomic mass is 9.96. The molecule has 0 aliphatic carbocycles. The summed E-state index contributed by atoms with van der Waals surface area (Å²) in [6.45, 7) is 6.86. The summed E-state index contributed by atoms with van der Waals surface area (Å²) < 4.78 is 23.1. The van der Waals surface area contributed by atoms with Crippen molar-refractivity contribution in [3.63, 3.8) is 0 Å². The second kappa shape index (κ2) is 10.2. The van der Waals surface area contributed by atoms with Crippen LogP contribution in [0.25, 0.3) is 0 Å². The summed E-state index contributed by atoms with van der Waals surface area (Å²) in [6, 6.07) is 0. The number of amides is 1. The molecule has 0 saturated carbocycles. The van der Waals surface area contributed by atoms with Gasteiger partial charge < -0.3 is 15.5 Å². The molecule has 2 N–H and O–H groups in total. The molecule has 0 radical (unpaired) electrons. The number of sulfone groups is 1. The molecule has 24 heavy (non-hydrogen) atoms. The van der Waals surface area contributed by atoms with Crippen molar-refractivity contribution in [2.45, 2.75) is 37.4 Å². The van der Waals surface area contributed by atoms with E-state index in [1.807, 2.05) is 0 Å². The molecule has 1 unspecified atom stereocenters. The number of halogens is 2. The van der Waals surface area contributed by atoms with Crippen molar-refractivity contribution >= 4 is 40.6 Å². The van der Waals surface area contributed by atoms with E-state index in [1.165, 1.54) is 19.1 Å². The van der Waals surface area contributed by atoms with Crippen LogP contribution in [0.2, 0.25) is 0 Å². The van der Waals surface area contributed by atoms with Crippen LogP contribution in [0.1, 0.15) is 32.6 Å². The predicted octanol–water partition coefficient (Wildman–Crippen LogP) is 0.845. The van der Waals surface area contributed by atoms with Crippen LogP contribution in [0.15, 0.2) is 0 Å². The van der Waals surface area contributed by atoms with E-state index in [2.05, 4.69) is 22.5 Å². The number of nitrogens with one attached hydrogen (secondary N) is 2. The second-order valence-corrected chi connectivity index (χ2v) is 9.15. The Morgan fingerprint density at radius 1 is 1.29 bits per heavy atom. The van der Waals surface area contributed by atoms with Crippen LogP contribution in [0.4, 0.5) is 0 Å². The highest BCUT2D eigenvalue weighted by Gasteiger charge is 2.48. The molecule has 2 heterocycles. The van der Waals surface area contributed by atoms with Crippen molar-refractivity contribution in [2.24, 2.45) is 5.92 Å². The molecule has 144 valence electrons. The molecular formula is C15H31Cl2N3O3S. The number of carbonyl (C=O) groups is 1. The highest BCUT2D eigenvalue weighted by Crippen LogP contribution is 2.27. The largest absolute Gasteiger partial charge is 0.353 e. The Kier molecular flexibility index (Phi) is 10.1. The Morgan fingerprint density at radius 3 is 2.46 bits per heavy atom. The van der Waals surface area contributed by atoms with Crippen molar-refractivity contribution < 1.29 is 13.2 Å². The summed E-state index contributed by atoms with van der Waals surface area (Å²) in [7, 11) is -3.42. The minimum atomic E-state index is -3.42. The number of nitrogens with zero attached hydrogens (tertiary/aromatic N) is 1. The average molecular weight is 404 g/mol. The van der Waals surface area contributed by atoms with Crippen LogP contribution >= 0.6 is 24.8 Å². The van der Waals surface area contributed by atoms with Gasteiger partial charge in [0.1, 0.15) is 0 Å². The molecule has 2 aliphatic rings. The molecule has 2 saturated heterocycles. The summed E-state index contributed by atoms with van der Waals surface area (Å²) in [6.07, 6.45) is 4.38. The maximum absolute atomic E-state index is 12.5. The normalized spacial score (nSPS) is 24.3. The van der Waals surface area contributed by atoms with Gasteiger partial charge in [-0.25, -0.2) is 8.42 Å². The number of rotatable bonds is 5. The molecule has 2 fully saturated rings. The zero-order valence-electron chi connectivity index (χ0n) is 14.5. The molecule has 6 nitrogen and oxygen atoms in total. The Morgan fingerprint density at radius 2 is 1.92 bits per heavy atom. The lowest BCUT2D eigenvalue weighted by Gasteiger charge is -2.35. The summed E-state index contributed by atoms with van der Waals surface area (Å²) in [5.74, 6) is 0.387. The first-order valence-electron chi connectivity index (χ1n) is 8.26. The lowest BCUT2D eigenvalue weighted by molar-refractivity contribution is -0.124. The summed E-state index contributed by atoms with van der Waals surface area (Å²) >= 11 is 0. The van der Waals surface area contributed by atoms with E-state index in [4.69, 9.17) is 0 Å². The zero-order valence-corrected chi connectivity index (χ0v) is 17.0. The van der Waals surface area contributed by atoms with Crippen molar-refractivity contribution in [2.75, 3.05) is 45.5 Å². The van der Waals surface area contributed by atoms with Gasteiger partial charge in [0.05, 0.1) is 0 Å². The van der Waals surface area contributed by atoms with Crippen molar-refractivity contribution in [3.8, 4) is 0 Å². The first kappa shape index (κ1) is 23.9. The van der Waals surface area contributed by atoms with Gasteiger partial charge in [0.2, 0.25) is 5.91 Å². The van der Waals surface area contributed by atoms with Gasteiger partial charge in [0.25, 0.3) is 0 Å². The first-order chi connectivity index (χ1) is 10.3. The Balaban J connectivity index is 0.00000264. The molecular weight excluding hydrogens is 373 g/mol. The lowest BCUT2D eigenvalue weighted by Crippen LogP contribution is -2.58. The molecule has 0 aromatic carbocycles. The van der Waals surface area contributed by atoms with Crippen LogP contribution in [0.5, 0.6) is 0 Å². The summed E-state index contributed by atoms with van der Waals surface area (Å²) in [5, 5.41) is 6.00. The minimum absolute atomic E-state index is 0. The number of likely N-dealkylation sites (tertiary alicyclic amines) is 1. The first-order valence-corrected chi connectivity index (χ1v) is 10.2. The van der Waals surface area contributed by atoms with Crippen molar-refractivity contribution in [1.29, 1.82) is 0 Å². The maximum atomic E-state index is 12.5. The monoisotopic (exact) mass is 403 g/mol. The molecule has 2 rings (SSSR count). The quantitative estimate of drug-likeness (QED) is 0.710. The van der Waals surface area contributed by atoms with E-state index in [9.17, 15) is 13.2 Å². The maximum Gasteiger partial charge on any atom is 0.241 e. The van der Waals surface area contributed by atoms with Crippen LogP contribution < -0.4 is 10.6 Å². The number of hydrogen-bond acceptors (Lipinski definition) is 5. The molecule has 0 bridgehead atoms. The van der Waals surface area contributed by atoms with Crippen LogP contribution in [-0.4, -0.2) is 69.5 Å².